The number of nitro benzene ring substituents is 1. The minimum atomic E-state index is -0.544. The van der Waals surface area contributed by atoms with E-state index in [1.54, 1.807) is 0 Å². The van der Waals surface area contributed by atoms with Gasteiger partial charge in [0.15, 0.2) is 0 Å². The maximum absolute atomic E-state index is 12.3. The highest BCUT2D eigenvalue weighted by Crippen LogP contribution is 2.26. The van der Waals surface area contributed by atoms with Crippen molar-refractivity contribution in [1.29, 1.82) is 0 Å². The Hall–Kier alpha value is -2.23. The highest BCUT2D eigenvalue weighted by molar-refractivity contribution is 6.34. The molecule has 0 aliphatic carbocycles. The number of ether oxygens (including phenoxy) is 1. The van der Waals surface area contributed by atoms with Crippen LogP contribution in [-0.4, -0.2) is 60.5 Å². The number of nitrogens with zero attached hydrogens (tertiary/aromatic N) is 2. The zero-order chi connectivity index (χ0) is 22.1. The summed E-state index contributed by atoms with van der Waals surface area (Å²) in [5.41, 5.74) is 0.203. The van der Waals surface area contributed by atoms with Crippen molar-refractivity contribution in [1.82, 2.24) is 10.2 Å². The zero-order valence-electron chi connectivity index (χ0n) is 17.4. The molecular weight excluding hydrogens is 412 g/mol. The van der Waals surface area contributed by atoms with Crippen LogP contribution in [0, 0.1) is 16.0 Å². The molecule has 0 aromatic heterocycles. The molecule has 166 valence electrons. The van der Waals surface area contributed by atoms with Crippen LogP contribution < -0.4 is 10.6 Å². The molecule has 1 aromatic rings. The Bertz CT molecular complexity index is 751. The second kappa shape index (κ2) is 11.8. The van der Waals surface area contributed by atoms with Gasteiger partial charge in [0.2, 0.25) is 11.8 Å². The van der Waals surface area contributed by atoms with Crippen LogP contribution in [0.4, 0.5) is 11.4 Å². The smallest absolute Gasteiger partial charge is 0.271 e. The first-order chi connectivity index (χ1) is 14.3. The van der Waals surface area contributed by atoms with E-state index in [-0.39, 0.29) is 41.1 Å². The highest BCUT2D eigenvalue weighted by atomic mass is 35.5. The number of nitrogens with one attached hydrogen (secondary N) is 2. The first kappa shape index (κ1) is 24.0. The Morgan fingerprint density at radius 2 is 2.03 bits per heavy atom. The number of rotatable bonds is 10. The number of anilines is 1. The molecule has 0 saturated carbocycles. The summed E-state index contributed by atoms with van der Waals surface area (Å²) in [6.45, 7) is 6.66. The molecule has 0 spiro atoms. The lowest BCUT2D eigenvalue weighted by atomic mass is 9.96. The van der Waals surface area contributed by atoms with Gasteiger partial charge in [-0.3, -0.25) is 24.6 Å². The Labute approximate surface area is 181 Å². The lowest BCUT2D eigenvalue weighted by Crippen LogP contribution is -2.43. The Balaban J connectivity index is 1.69. The summed E-state index contributed by atoms with van der Waals surface area (Å²) in [7, 11) is 0. The molecule has 1 saturated heterocycles. The molecule has 1 fully saturated rings. The lowest BCUT2D eigenvalue weighted by molar-refractivity contribution is -0.384. The maximum Gasteiger partial charge on any atom is 0.271 e. The van der Waals surface area contributed by atoms with Gasteiger partial charge in [-0.1, -0.05) is 11.6 Å². The van der Waals surface area contributed by atoms with Crippen LogP contribution in [0.3, 0.4) is 0 Å². The topological polar surface area (TPSA) is 114 Å². The number of non-ortho nitro benzene ring substituents is 1. The first-order valence-corrected chi connectivity index (χ1v) is 10.5. The Kier molecular flexibility index (Phi) is 9.48. The van der Waals surface area contributed by atoms with Gasteiger partial charge in [-0.15, -0.1) is 0 Å². The van der Waals surface area contributed by atoms with Crippen LogP contribution >= 0.6 is 11.6 Å². The van der Waals surface area contributed by atoms with E-state index in [1.807, 2.05) is 18.7 Å². The molecule has 2 N–H and O–H groups in total. The molecule has 1 heterocycles. The van der Waals surface area contributed by atoms with E-state index in [2.05, 4.69) is 10.6 Å². The summed E-state index contributed by atoms with van der Waals surface area (Å²) in [5, 5.41) is 16.5. The molecule has 0 radical (unpaired) electrons. The summed E-state index contributed by atoms with van der Waals surface area (Å²) in [6.07, 6.45) is 2.37. The van der Waals surface area contributed by atoms with E-state index >= 15 is 0 Å². The molecule has 2 rings (SSSR count). The largest absolute Gasteiger partial charge is 0.379 e. The number of likely N-dealkylation sites (tertiary alicyclic amines) is 1. The van der Waals surface area contributed by atoms with Crippen molar-refractivity contribution in [2.24, 2.45) is 5.92 Å². The molecule has 1 aromatic carbocycles. The summed E-state index contributed by atoms with van der Waals surface area (Å²) in [6, 6.07) is 3.91. The molecule has 9 nitrogen and oxygen atoms in total. The molecule has 30 heavy (non-hydrogen) atoms. The fourth-order valence-corrected chi connectivity index (χ4v) is 3.43. The van der Waals surface area contributed by atoms with Crippen molar-refractivity contribution in [2.45, 2.75) is 39.2 Å². The molecule has 0 bridgehead atoms. The van der Waals surface area contributed by atoms with Crippen LogP contribution in [0.15, 0.2) is 18.2 Å². The van der Waals surface area contributed by atoms with Crippen molar-refractivity contribution < 1.29 is 19.2 Å². The second-order valence-corrected chi connectivity index (χ2v) is 7.99. The molecule has 1 aliphatic rings. The standard InChI is InChI=1S/C20H29ClN4O5/c1-14(2)30-11-3-8-22-20(27)15-6-9-24(10-7-15)13-19(26)23-18-5-4-16(25(28)29)12-17(18)21/h4-5,12,14-15H,3,6-11,13H2,1-2H3,(H,22,27)(H,23,26). The number of benzene rings is 1. The highest BCUT2D eigenvalue weighted by Gasteiger charge is 2.25. The van der Waals surface area contributed by atoms with E-state index in [0.29, 0.717) is 44.8 Å². The van der Waals surface area contributed by atoms with Crippen molar-refractivity contribution in [3.63, 3.8) is 0 Å². The number of nitro groups is 1. The summed E-state index contributed by atoms with van der Waals surface area (Å²) in [4.78, 5) is 36.7. The van der Waals surface area contributed by atoms with E-state index in [1.165, 1.54) is 18.2 Å². The Morgan fingerprint density at radius 3 is 2.63 bits per heavy atom. The minimum Gasteiger partial charge on any atom is -0.379 e. The summed E-state index contributed by atoms with van der Waals surface area (Å²) < 4.78 is 5.45. The van der Waals surface area contributed by atoms with Gasteiger partial charge in [-0.25, -0.2) is 0 Å². The molecule has 0 unspecified atom stereocenters. The number of hydrogen-bond acceptors (Lipinski definition) is 6. The van der Waals surface area contributed by atoms with Gasteiger partial charge < -0.3 is 15.4 Å². The molecular formula is C20H29ClN4O5. The first-order valence-electron chi connectivity index (χ1n) is 10.1. The fraction of sp³-hybridized carbons (Fsp3) is 0.600. The third-order valence-electron chi connectivity index (χ3n) is 4.83. The van der Waals surface area contributed by atoms with Gasteiger partial charge in [0.1, 0.15) is 0 Å². The molecule has 2 amide bonds. The van der Waals surface area contributed by atoms with Gasteiger partial charge in [-0.05, 0) is 52.3 Å². The van der Waals surface area contributed by atoms with Crippen LogP contribution in [0.25, 0.3) is 0 Å². The van der Waals surface area contributed by atoms with Gasteiger partial charge in [0.05, 0.1) is 28.3 Å². The van der Waals surface area contributed by atoms with Crippen molar-refractivity contribution in [2.75, 3.05) is 38.1 Å². The van der Waals surface area contributed by atoms with Gasteiger partial charge in [0, 0.05) is 31.2 Å². The number of piperidine rings is 1. The number of carbonyl (C=O) groups excluding carboxylic acids is 2. The van der Waals surface area contributed by atoms with E-state index in [4.69, 9.17) is 16.3 Å². The fourth-order valence-electron chi connectivity index (χ4n) is 3.21. The average molecular weight is 441 g/mol. The maximum atomic E-state index is 12.3. The minimum absolute atomic E-state index is 0.0422. The molecule has 10 heteroatoms. The normalized spacial score (nSPS) is 15.2. The van der Waals surface area contributed by atoms with Crippen LogP contribution in [0.2, 0.25) is 5.02 Å². The van der Waals surface area contributed by atoms with Crippen molar-refractivity contribution >= 4 is 34.8 Å². The summed E-state index contributed by atoms with van der Waals surface area (Å²) in [5.74, 6) is -0.237. The van der Waals surface area contributed by atoms with Gasteiger partial charge in [0.25, 0.3) is 5.69 Å². The van der Waals surface area contributed by atoms with Crippen molar-refractivity contribution in [3.05, 3.63) is 33.3 Å². The Morgan fingerprint density at radius 1 is 1.33 bits per heavy atom. The lowest BCUT2D eigenvalue weighted by Gasteiger charge is -2.30. The molecule has 1 aliphatic heterocycles. The van der Waals surface area contributed by atoms with Crippen LogP contribution in [-0.2, 0) is 14.3 Å². The van der Waals surface area contributed by atoms with Crippen LogP contribution in [0.1, 0.15) is 33.1 Å². The van der Waals surface area contributed by atoms with E-state index < -0.39 is 4.92 Å². The second-order valence-electron chi connectivity index (χ2n) is 7.58. The molecule has 0 atom stereocenters. The predicted molar refractivity (Wildman–Crippen MR) is 115 cm³/mol. The zero-order valence-corrected chi connectivity index (χ0v) is 18.1. The predicted octanol–water partition coefficient (Wildman–Crippen LogP) is 2.83. The van der Waals surface area contributed by atoms with E-state index in [9.17, 15) is 19.7 Å². The quantitative estimate of drug-likeness (QED) is 0.328. The number of amides is 2. The summed E-state index contributed by atoms with van der Waals surface area (Å²) >= 11 is 6.01. The SMILES string of the molecule is CC(C)OCCCNC(=O)C1CCN(CC(=O)Nc2ccc([N+](=O)[O-])cc2Cl)CC1. The van der Waals surface area contributed by atoms with Gasteiger partial charge >= 0.3 is 0 Å². The third kappa shape index (κ3) is 7.89. The average Bonchev–Trinajstić information content (AvgIpc) is 2.69. The van der Waals surface area contributed by atoms with Crippen LogP contribution in [0.5, 0.6) is 0 Å². The van der Waals surface area contributed by atoms with Gasteiger partial charge in [-0.2, -0.15) is 0 Å². The number of hydrogen-bond donors (Lipinski definition) is 2. The van der Waals surface area contributed by atoms with Crippen molar-refractivity contribution in [3.8, 4) is 0 Å². The van der Waals surface area contributed by atoms with E-state index in [0.717, 1.165) is 6.42 Å². The number of halogens is 1. The third-order valence-corrected chi connectivity index (χ3v) is 5.15. The number of carbonyl (C=O) groups is 2. The monoisotopic (exact) mass is 440 g/mol.